The van der Waals surface area contributed by atoms with E-state index in [0.717, 1.165) is 36.0 Å². The van der Waals surface area contributed by atoms with Gasteiger partial charge < -0.3 is 29.4 Å². The van der Waals surface area contributed by atoms with E-state index in [1.165, 1.54) is 0 Å². The van der Waals surface area contributed by atoms with Gasteiger partial charge in [0.05, 0.1) is 18.3 Å². The monoisotopic (exact) mass is 494 g/mol. The zero-order chi connectivity index (χ0) is 25.1. The molecule has 1 amide bonds. The summed E-state index contributed by atoms with van der Waals surface area (Å²) in [6, 6.07) is 12.9. The van der Waals surface area contributed by atoms with Crippen molar-refractivity contribution in [2.75, 3.05) is 32.8 Å². The first-order chi connectivity index (χ1) is 17.4. The quantitative estimate of drug-likeness (QED) is 0.436. The van der Waals surface area contributed by atoms with E-state index in [0.29, 0.717) is 57.0 Å². The molecule has 3 N–H and O–H groups in total. The fourth-order valence-corrected chi connectivity index (χ4v) is 5.12. The number of para-hydroxylation sites is 1. The largest absolute Gasteiger partial charge is 0.504 e. The standard InChI is InChI=1S/C28H34N2O6/c1-2-34-24-7-3-5-19(26(24)31)18-30-12-10-28(33,11-13-30)21-8-9-23-20(15-21)16-25(36-23)27(32)29-17-22-6-4-14-35-22/h3,5,7-9,15-16,22,31,33H,2,4,6,10-14,17-18H2,1H3,(H,29,32). The maximum atomic E-state index is 12.5. The number of likely N-dealkylation sites (tertiary alicyclic amines) is 1. The van der Waals surface area contributed by atoms with Crippen LogP contribution in [0.2, 0.25) is 0 Å². The molecule has 0 spiro atoms. The van der Waals surface area contributed by atoms with Gasteiger partial charge in [-0.1, -0.05) is 18.2 Å². The van der Waals surface area contributed by atoms with Crippen LogP contribution in [0.3, 0.4) is 0 Å². The molecule has 2 aliphatic heterocycles. The Hall–Kier alpha value is -3.07. The van der Waals surface area contributed by atoms with Crippen molar-refractivity contribution in [3.8, 4) is 11.5 Å². The first-order valence-electron chi connectivity index (χ1n) is 12.8. The Labute approximate surface area is 210 Å². The molecule has 8 heteroatoms. The van der Waals surface area contributed by atoms with Crippen LogP contribution in [0.4, 0.5) is 0 Å². The first kappa shape index (κ1) is 24.6. The lowest BCUT2D eigenvalue weighted by atomic mass is 9.84. The minimum absolute atomic E-state index is 0.0719. The predicted molar refractivity (Wildman–Crippen MR) is 135 cm³/mol. The minimum atomic E-state index is -0.959. The number of amides is 1. The second-order valence-electron chi connectivity index (χ2n) is 9.71. The lowest BCUT2D eigenvalue weighted by Gasteiger charge is -2.38. The van der Waals surface area contributed by atoms with Crippen molar-refractivity contribution in [3.63, 3.8) is 0 Å². The van der Waals surface area contributed by atoms with E-state index in [1.807, 2.05) is 37.3 Å². The highest BCUT2D eigenvalue weighted by Crippen LogP contribution is 2.37. The highest BCUT2D eigenvalue weighted by Gasteiger charge is 2.34. The third-order valence-corrected chi connectivity index (χ3v) is 7.25. The van der Waals surface area contributed by atoms with Gasteiger partial charge in [-0.05, 0) is 62.4 Å². The number of nitrogens with zero attached hydrogens (tertiary/aromatic N) is 1. The van der Waals surface area contributed by atoms with Crippen LogP contribution in [0.1, 0.15) is 54.3 Å². The number of nitrogens with one attached hydrogen (secondary N) is 1. The Morgan fingerprint density at radius 1 is 1.22 bits per heavy atom. The second kappa shape index (κ2) is 10.5. The average Bonchev–Trinajstić information content (AvgIpc) is 3.56. The van der Waals surface area contributed by atoms with E-state index in [-0.39, 0.29) is 23.5 Å². The van der Waals surface area contributed by atoms with Gasteiger partial charge in [-0.15, -0.1) is 0 Å². The molecule has 2 aromatic carbocycles. The minimum Gasteiger partial charge on any atom is -0.504 e. The highest BCUT2D eigenvalue weighted by molar-refractivity contribution is 5.96. The van der Waals surface area contributed by atoms with Crippen LogP contribution in [-0.2, 0) is 16.9 Å². The predicted octanol–water partition coefficient (Wildman–Crippen LogP) is 3.93. The molecule has 2 aliphatic rings. The first-order valence-corrected chi connectivity index (χ1v) is 12.8. The van der Waals surface area contributed by atoms with Gasteiger partial charge in [0, 0.05) is 43.7 Å². The third-order valence-electron chi connectivity index (χ3n) is 7.25. The van der Waals surface area contributed by atoms with Gasteiger partial charge in [0.1, 0.15) is 5.58 Å². The number of phenolic OH excluding ortho intramolecular Hbond substituents is 1. The number of ether oxygens (including phenoxy) is 2. The lowest BCUT2D eigenvalue weighted by molar-refractivity contribution is -0.0277. The number of carbonyl (C=O) groups is 1. The number of benzene rings is 2. The molecule has 0 radical (unpaired) electrons. The van der Waals surface area contributed by atoms with Crippen molar-refractivity contribution in [2.24, 2.45) is 0 Å². The maximum Gasteiger partial charge on any atom is 0.287 e. The summed E-state index contributed by atoms with van der Waals surface area (Å²) in [5.74, 6) is 0.682. The van der Waals surface area contributed by atoms with Crippen molar-refractivity contribution in [3.05, 3.63) is 59.4 Å². The fourth-order valence-electron chi connectivity index (χ4n) is 5.12. The van der Waals surface area contributed by atoms with Gasteiger partial charge in [-0.3, -0.25) is 9.69 Å². The molecule has 5 rings (SSSR count). The fraction of sp³-hybridized carbons (Fsp3) is 0.464. The molecule has 1 aromatic heterocycles. The van der Waals surface area contributed by atoms with Crippen LogP contribution in [0, 0.1) is 0 Å². The normalized spacial score (nSPS) is 20.0. The molecule has 192 valence electrons. The number of hydrogen-bond acceptors (Lipinski definition) is 7. The van der Waals surface area contributed by atoms with Crippen LogP contribution in [-0.4, -0.2) is 60.0 Å². The Kier molecular flexibility index (Phi) is 7.18. The topological polar surface area (TPSA) is 104 Å². The van der Waals surface area contributed by atoms with Crippen molar-refractivity contribution < 1.29 is 28.9 Å². The number of fused-ring (bicyclic) bond motifs is 1. The van der Waals surface area contributed by atoms with Crippen molar-refractivity contribution in [1.29, 1.82) is 0 Å². The van der Waals surface area contributed by atoms with Crippen molar-refractivity contribution in [2.45, 2.75) is 50.9 Å². The Morgan fingerprint density at radius 2 is 2.06 bits per heavy atom. The molecule has 0 bridgehead atoms. The van der Waals surface area contributed by atoms with E-state index in [9.17, 15) is 15.0 Å². The van der Waals surface area contributed by atoms with E-state index < -0.39 is 5.60 Å². The number of rotatable bonds is 8. The van der Waals surface area contributed by atoms with Gasteiger partial charge in [-0.25, -0.2) is 0 Å². The number of piperidine rings is 1. The summed E-state index contributed by atoms with van der Waals surface area (Å²) in [7, 11) is 0. The Morgan fingerprint density at radius 3 is 2.81 bits per heavy atom. The molecule has 3 heterocycles. The maximum absolute atomic E-state index is 12.5. The zero-order valence-electron chi connectivity index (χ0n) is 20.7. The van der Waals surface area contributed by atoms with Gasteiger partial charge in [0.15, 0.2) is 17.3 Å². The molecular weight excluding hydrogens is 460 g/mol. The number of aromatic hydroxyl groups is 1. The molecule has 2 saturated heterocycles. The summed E-state index contributed by atoms with van der Waals surface area (Å²) >= 11 is 0. The summed E-state index contributed by atoms with van der Waals surface area (Å²) in [5, 5.41) is 25.7. The number of hydrogen-bond donors (Lipinski definition) is 3. The number of carbonyl (C=O) groups excluding carboxylic acids is 1. The Balaban J connectivity index is 1.22. The second-order valence-corrected chi connectivity index (χ2v) is 9.71. The van der Waals surface area contributed by atoms with Crippen LogP contribution in [0.25, 0.3) is 11.0 Å². The van der Waals surface area contributed by atoms with Crippen LogP contribution in [0.5, 0.6) is 11.5 Å². The summed E-state index contributed by atoms with van der Waals surface area (Å²) in [5.41, 5.74) is 1.30. The summed E-state index contributed by atoms with van der Waals surface area (Å²) in [6.07, 6.45) is 3.19. The van der Waals surface area contributed by atoms with E-state index >= 15 is 0 Å². The molecule has 1 atom stereocenters. The SMILES string of the molecule is CCOc1cccc(CN2CCC(O)(c3ccc4oc(C(=O)NCC5CCCO5)cc4c3)CC2)c1O. The highest BCUT2D eigenvalue weighted by atomic mass is 16.5. The summed E-state index contributed by atoms with van der Waals surface area (Å²) in [6.45, 7) is 5.58. The van der Waals surface area contributed by atoms with E-state index in [4.69, 9.17) is 13.9 Å². The molecule has 1 unspecified atom stereocenters. The number of phenols is 1. The summed E-state index contributed by atoms with van der Waals surface area (Å²) in [4.78, 5) is 14.8. The van der Waals surface area contributed by atoms with E-state index in [2.05, 4.69) is 10.2 Å². The van der Waals surface area contributed by atoms with Crippen LogP contribution >= 0.6 is 0 Å². The molecule has 0 saturated carbocycles. The lowest BCUT2D eigenvalue weighted by Crippen LogP contribution is -2.42. The number of aliphatic hydroxyl groups is 1. The summed E-state index contributed by atoms with van der Waals surface area (Å²) < 4.78 is 16.8. The van der Waals surface area contributed by atoms with Crippen LogP contribution < -0.4 is 10.1 Å². The molecule has 8 nitrogen and oxygen atoms in total. The van der Waals surface area contributed by atoms with Gasteiger partial charge in [0.2, 0.25) is 0 Å². The third kappa shape index (κ3) is 5.21. The van der Waals surface area contributed by atoms with Gasteiger partial charge >= 0.3 is 0 Å². The van der Waals surface area contributed by atoms with E-state index in [1.54, 1.807) is 12.1 Å². The Bertz CT molecular complexity index is 1210. The van der Waals surface area contributed by atoms with Crippen LogP contribution in [0.15, 0.2) is 46.9 Å². The van der Waals surface area contributed by atoms with Gasteiger partial charge in [0.25, 0.3) is 5.91 Å². The molecular formula is C28H34N2O6. The van der Waals surface area contributed by atoms with Crippen molar-refractivity contribution >= 4 is 16.9 Å². The average molecular weight is 495 g/mol. The van der Waals surface area contributed by atoms with Crippen molar-refractivity contribution in [1.82, 2.24) is 10.2 Å². The van der Waals surface area contributed by atoms with Gasteiger partial charge in [-0.2, -0.15) is 0 Å². The zero-order valence-corrected chi connectivity index (χ0v) is 20.7. The smallest absolute Gasteiger partial charge is 0.287 e. The molecule has 3 aromatic rings. The molecule has 2 fully saturated rings. The molecule has 0 aliphatic carbocycles. The number of furan rings is 1. The molecule has 36 heavy (non-hydrogen) atoms.